The van der Waals surface area contributed by atoms with Gasteiger partial charge in [-0.25, -0.2) is 4.68 Å². The van der Waals surface area contributed by atoms with E-state index in [-0.39, 0.29) is 11.4 Å². The van der Waals surface area contributed by atoms with Gasteiger partial charge < -0.3 is 10.1 Å². The summed E-state index contributed by atoms with van der Waals surface area (Å²) in [5.41, 5.74) is 1.81. The molecule has 0 aliphatic rings. The van der Waals surface area contributed by atoms with Crippen molar-refractivity contribution in [1.82, 2.24) is 9.78 Å². The molecule has 0 atom stereocenters. The molecule has 0 aliphatic heterocycles. The van der Waals surface area contributed by atoms with Gasteiger partial charge in [-0.2, -0.15) is 18.3 Å². The molecule has 0 bridgehead atoms. The van der Waals surface area contributed by atoms with Crippen molar-refractivity contribution in [3.05, 3.63) is 70.5 Å². The SMILES string of the molecule is Cc1c(C(=O)Nc2ccccc2OCC(F)(F)F)cnn1-c1ccc(Br)cc1. The van der Waals surface area contributed by atoms with E-state index in [2.05, 4.69) is 26.3 Å². The summed E-state index contributed by atoms with van der Waals surface area (Å²) < 4.78 is 44.6. The highest BCUT2D eigenvalue weighted by Crippen LogP contribution is 2.27. The molecule has 146 valence electrons. The second-order valence-electron chi connectivity index (χ2n) is 5.89. The molecular formula is C19H15BrF3N3O2. The van der Waals surface area contributed by atoms with Crippen molar-refractivity contribution < 1.29 is 22.7 Å². The number of nitrogens with one attached hydrogen (secondary N) is 1. The van der Waals surface area contributed by atoms with Crippen molar-refractivity contribution in [2.24, 2.45) is 0 Å². The molecule has 3 rings (SSSR count). The van der Waals surface area contributed by atoms with E-state index in [4.69, 9.17) is 4.74 Å². The lowest BCUT2D eigenvalue weighted by atomic mass is 10.2. The summed E-state index contributed by atoms with van der Waals surface area (Å²) in [6, 6.07) is 13.3. The number of benzene rings is 2. The molecule has 1 aromatic heterocycles. The standard InChI is InChI=1S/C19H15BrF3N3O2/c1-12-15(10-24-26(12)14-8-6-13(20)7-9-14)18(27)25-16-4-2-3-5-17(16)28-11-19(21,22)23/h2-10H,11H2,1H3,(H,25,27). The average Bonchev–Trinajstić information content (AvgIpc) is 3.02. The Balaban J connectivity index is 1.80. The summed E-state index contributed by atoms with van der Waals surface area (Å²) in [7, 11) is 0. The molecule has 0 saturated carbocycles. The Bertz CT molecular complexity index is 985. The summed E-state index contributed by atoms with van der Waals surface area (Å²) in [6.45, 7) is 0.288. The molecule has 1 amide bonds. The molecule has 28 heavy (non-hydrogen) atoms. The number of rotatable bonds is 5. The number of aromatic nitrogens is 2. The Kier molecular flexibility index (Phi) is 5.73. The molecule has 0 saturated heterocycles. The van der Waals surface area contributed by atoms with Gasteiger partial charge >= 0.3 is 6.18 Å². The zero-order valence-corrected chi connectivity index (χ0v) is 16.2. The number of para-hydroxylation sites is 2. The lowest BCUT2D eigenvalue weighted by Gasteiger charge is -2.13. The largest absolute Gasteiger partial charge is 0.482 e. The number of anilines is 1. The predicted molar refractivity (Wildman–Crippen MR) is 102 cm³/mol. The molecule has 3 aromatic rings. The average molecular weight is 454 g/mol. The van der Waals surface area contributed by atoms with E-state index in [1.165, 1.54) is 24.4 Å². The highest BCUT2D eigenvalue weighted by Gasteiger charge is 2.29. The second-order valence-corrected chi connectivity index (χ2v) is 6.80. The van der Waals surface area contributed by atoms with Gasteiger partial charge in [-0.05, 0) is 43.3 Å². The maximum atomic E-state index is 12.6. The maximum Gasteiger partial charge on any atom is 0.422 e. The van der Waals surface area contributed by atoms with Crippen LogP contribution in [0.4, 0.5) is 18.9 Å². The molecule has 1 heterocycles. The van der Waals surface area contributed by atoms with Gasteiger partial charge in [0.15, 0.2) is 6.61 Å². The Morgan fingerprint density at radius 3 is 2.54 bits per heavy atom. The number of hydrogen-bond acceptors (Lipinski definition) is 3. The Morgan fingerprint density at radius 1 is 1.18 bits per heavy atom. The van der Waals surface area contributed by atoms with Crippen LogP contribution in [0.2, 0.25) is 0 Å². The van der Waals surface area contributed by atoms with Crippen LogP contribution in [-0.2, 0) is 0 Å². The van der Waals surface area contributed by atoms with E-state index in [1.54, 1.807) is 17.7 Å². The fourth-order valence-corrected chi connectivity index (χ4v) is 2.78. The number of nitrogens with zero attached hydrogens (tertiary/aromatic N) is 2. The number of alkyl halides is 3. The molecular weight excluding hydrogens is 439 g/mol. The molecule has 0 radical (unpaired) electrons. The van der Waals surface area contributed by atoms with Gasteiger partial charge in [0.1, 0.15) is 5.75 Å². The van der Waals surface area contributed by atoms with Crippen LogP contribution in [0.1, 0.15) is 16.1 Å². The van der Waals surface area contributed by atoms with Crippen molar-refractivity contribution in [3.8, 4) is 11.4 Å². The summed E-state index contributed by atoms with van der Waals surface area (Å²) in [6.07, 6.45) is -3.06. The van der Waals surface area contributed by atoms with E-state index in [0.29, 0.717) is 11.3 Å². The molecule has 0 aliphatic carbocycles. The topological polar surface area (TPSA) is 56.1 Å². The molecule has 0 fully saturated rings. The number of carbonyl (C=O) groups excluding carboxylic acids is 1. The van der Waals surface area contributed by atoms with Crippen LogP contribution in [0.3, 0.4) is 0 Å². The van der Waals surface area contributed by atoms with Crippen molar-refractivity contribution in [2.45, 2.75) is 13.1 Å². The van der Waals surface area contributed by atoms with E-state index in [0.717, 1.165) is 10.2 Å². The Morgan fingerprint density at radius 2 is 1.86 bits per heavy atom. The molecule has 0 unspecified atom stereocenters. The normalized spacial score (nSPS) is 11.3. The third-order valence-corrected chi connectivity index (χ3v) is 4.38. The van der Waals surface area contributed by atoms with Crippen LogP contribution >= 0.6 is 15.9 Å². The van der Waals surface area contributed by atoms with Gasteiger partial charge in [0.25, 0.3) is 5.91 Å². The minimum absolute atomic E-state index is 0.0638. The second kappa shape index (κ2) is 8.05. The van der Waals surface area contributed by atoms with Gasteiger partial charge in [-0.1, -0.05) is 28.1 Å². The quantitative estimate of drug-likeness (QED) is 0.581. The zero-order chi connectivity index (χ0) is 20.3. The van der Waals surface area contributed by atoms with E-state index >= 15 is 0 Å². The first-order valence-corrected chi connectivity index (χ1v) is 8.94. The van der Waals surface area contributed by atoms with E-state index in [9.17, 15) is 18.0 Å². The van der Waals surface area contributed by atoms with Crippen molar-refractivity contribution in [3.63, 3.8) is 0 Å². The number of ether oxygens (including phenoxy) is 1. The Labute approximate surface area is 167 Å². The predicted octanol–water partition coefficient (Wildman–Crippen LogP) is 5.14. The fraction of sp³-hybridized carbons (Fsp3) is 0.158. The van der Waals surface area contributed by atoms with Gasteiger partial charge in [0.2, 0.25) is 0 Å². The van der Waals surface area contributed by atoms with Gasteiger partial charge in [-0.3, -0.25) is 4.79 Å². The smallest absolute Gasteiger partial charge is 0.422 e. The first-order valence-electron chi connectivity index (χ1n) is 8.15. The van der Waals surface area contributed by atoms with Crippen LogP contribution in [0.15, 0.2) is 59.2 Å². The highest BCUT2D eigenvalue weighted by atomic mass is 79.9. The van der Waals surface area contributed by atoms with E-state index < -0.39 is 18.7 Å². The van der Waals surface area contributed by atoms with Gasteiger partial charge in [-0.15, -0.1) is 0 Å². The number of amides is 1. The summed E-state index contributed by atoms with van der Waals surface area (Å²) >= 11 is 3.36. The van der Waals surface area contributed by atoms with Crippen molar-refractivity contribution in [2.75, 3.05) is 11.9 Å². The molecule has 2 aromatic carbocycles. The third kappa shape index (κ3) is 4.72. The fourth-order valence-electron chi connectivity index (χ4n) is 2.52. The van der Waals surface area contributed by atoms with Crippen molar-refractivity contribution >= 4 is 27.5 Å². The van der Waals surface area contributed by atoms with Crippen LogP contribution in [0, 0.1) is 6.92 Å². The van der Waals surface area contributed by atoms with Gasteiger partial charge in [0.05, 0.1) is 28.8 Å². The number of hydrogen-bond donors (Lipinski definition) is 1. The first-order chi connectivity index (χ1) is 13.2. The monoisotopic (exact) mass is 453 g/mol. The number of halogens is 4. The Hall–Kier alpha value is -2.81. The minimum atomic E-state index is -4.47. The molecule has 5 nitrogen and oxygen atoms in total. The molecule has 1 N–H and O–H groups in total. The maximum absolute atomic E-state index is 12.6. The lowest BCUT2D eigenvalue weighted by Crippen LogP contribution is -2.20. The van der Waals surface area contributed by atoms with Gasteiger partial charge in [0, 0.05) is 4.47 Å². The van der Waals surface area contributed by atoms with Crippen LogP contribution in [0.25, 0.3) is 5.69 Å². The molecule has 0 spiro atoms. The number of carbonyl (C=O) groups is 1. The lowest BCUT2D eigenvalue weighted by molar-refractivity contribution is -0.153. The zero-order valence-electron chi connectivity index (χ0n) is 14.6. The first kappa shape index (κ1) is 19.9. The van der Waals surface area contributed by atoms with Crippen LogP contribution in [0.5, 0.6) is 5.75 Å². The molecule has 9 heteroatoms. The van der Waals surface area contributed by atoms with Crippen molar-refractivity contribution in [1.29, 1.82) is 0 Å². The summed E-state index contributed by atoms with van der Waals surface area (Å²) in [4.78, 5) is 12.6. The summed E-state index contributed by atoms with van der Waals surface area (Å²) in [5.74, 6) is -0.560. The van der Waals surface area contributed by atoms with Crippen LogP contribution < -0.4 is 10.1 Å². The third-order valence-electron chi connectivity index (χ3n) is 3.85. The highest BCUT2D eigenvalue weighted by molar-refractivity contribution is 9.10. The van der Waals surface area contributed by atoms with E-state index in [1.807, 2.05) is 24.3 Å². The van der Waals surface area contributed by atoms with Crippen LogP contribution in [-0.4, -0.2) is 28.5 Å². The summed E-state index contributed by atoms with van der Waals surface area (Å²) in [5, 5.41) is 6.82. The minimum Gasteiger partial charge on any atom is -0.482 e.